The maximum atomic E-state index is 3.82. The second-order valence-electron chi connectivity index (χ2n) is 2.51. The molecule has 0 aliphatic rings. The largest absolute Gasteiger partial charge is 0.239 e. The standard InChI is InChI=1S/C9H8N3/c1-2-4-9(5-3-1)8-12-7-6-10-11-12/h1-6H,8H2. The summed E-state index contributed by atoms with van der Waals surface area (Å²) < 4.78 is 1.68. The summed E-state index contributed by atoms with van der Waals surface area (Å²) in [7, 11) is 0. The number of hydrogen-bond acceptors (Lipinski definition) is 2. The van der Waals surface area contributed by atoms with E-state index in [2.05, 4.69) is 28.6 Å². The third-order valence-corrected chi connectivity index (χ3v) is 1.60. The third-order valence-electron chi connectivity index (χ3n) is 1.60. The van der Waals surface area contributed by atoms with Gasteiger partial charge in [-0.25, -0.2) is 4.68 Å². The van der Waals surface area contributed by atoms with Gasteiger partial charge >= 0.3 is 0 Å². The Bertz CT molecular complexity index is 326. The Morgan fingerprint density at radius 2 is 2.08 bits per heavy atom. The molecule has 0 bridgehead atoms. The zero-order chi connectivity index (χ0) is 8.23. The van der Waals surface area contributed by atoms with E-state index in [0.717, 1.165) is 6.54 Å². The molecule has 0 fully saturated rings. The normalized spacial score (nSPS) is 10.0. The molecule has 0 aliphatic heterocycles. The van der Waals surface area contributed by atoms with Crippen molar-refractivity contribution >= 4 is 0 Å². The highest BCUT2D eigenvalue weighted by atomic mass is 15.4. The predicted molar refractivity (Wildman–Crippen MR) is 44.4 cm³/mol. The minimum absolute atomic E-state index is 0.737. The first-order chi connectivity index (χ1) is 5.95. The molecule has 2 rings (SSSR count). The number of nitrogens with zero attached hydrogens (tertiary/aromatic N) is 3. The van der Waals surface area contributed by atoms with E-state index in [4.69, 9.17) is 0 Å². The molecule has 1 aromatic carbocycles. The number of aromatic nitrogens is 3. The summed E-state index contributed by atoms with van der Waals surface area (Å²) in [6.07, 6.45) is 4.44. The van der Waals surface area contributed by atoms with E-state index >= 15 is 0 Å². The molecule has 1 aromatic heterocycles. The smallest absolute Gasteiger partial charge is 0.109 e. The Morgan fingerprint density at radius 3 is 2.75 bits per heavy atom. The zero-order valence-corrected chi connectivity index (χ0v) is 6.51. The SMILES string of the molecule is [c]1cnnn1Cc1ccccc1. The summed E-state index contributed by atoms with van der Waals surface area (Å²) in [6, 6.07) is 10.1. The molecule has 3 heteroatoms. The monoisotopic (exact) mass is 158 g/mol. The molecule has 2 aromatic rings. The molecule has 0 saturated heterocycles. The van der Waals surface area contributed by atoms with Crippen molar-refractivity contribution in [2.75, 3.05) is 0 Å². The number of hydrogen-bond donors (Lipinski definition) is 0. The fourth-order valence-electron chi connectivity index (χ4n) is 1.04. The van der Waals surface area contributed by atoms with Gasteiger partial charge in [0.05, 0.1) is 12.7 Å². The number of rotatable bonds is 2. The first kappa shape index (κ1) is 7.03. The van der Waals surface area contributed by atoms with Crippen LogP contribution in [-0.4, -0.2) is 15.0 Å². The van der Waals surface area contributed by atoms with E-state index in [1.165, 1.54) is 5.56 Å². The van der Waals surface area contributed by atoms with Crippen LogP contribution in [-0.2, 0) is 6.54 Å². The molecule has 0 unspecified atom stereocenters. The van der Waals surface area contributed by atoms with Crippen LogP contribution < -0.4 is 0 Å². The minimum Gasteiger partial charge on any atom is -0.239 e. The van der Waals surface area contributed by atoms with E-state index in [9.17, 15) is 0 Å². The van der Waals surface area contributed by atoms with Gasteiger partial charge in [0.1, 0.15) is 6.20 Å². The maximum absolute atomic E-state index is 3.82. The van der Waals surface area contributed by atoms with Crippen LogP contribution in [0.1, 0.15) is 5.56 Å². The average Bonchev–Trinajstić information content (AvgIpc) is 2.59. The Morgan fingerprint density at radius 1 is 1.25 bits per heavy atom. The fourth-order valence-corrected chi connectivity index (χ4v) is 1.04. The van der Waals surface area contributed by atoms with Crippen LogP contribution in [0.4, 0.5) is 0 Å². The van der Waals surface area contributed by atoms with E-state index < -0.39 is 0 Å². The molecule has 0 aliphatic carbocycles. The Labute approximate surface area is 70.6 Å². The van der Waals surface area contributed by atoms with Gasteiger partial charge in [-0.05, 0) is 5.56 Å². The molecule has 0 saturated carbocycles. The van der Waals surface area contributed by atoms with Crippen LogP contribution in [0, 0.1) is 6.20 Å². The summed E-state index contributed by atoms with van der Waals surface area (Å²) in [5, 5.41) is 7.50. The van der Waals surface area contributed by atoms with Crippen molar-refractivity contribution in [1.82, 2.24) is 15.0 Å². The van der Waals surface area contributed by atoms with Gasteiger partial charge in [-0.3, -0.25) is 0 Å². The van der Waals surface area contributed by atoms with Crippen LogP contribution in [0.5, 0.6) is 0 Å². The molecule has 0 spiro atoms. The first-order valence-electron chi connectivity index (χ1n) is 3.75. The van der Waals surface area contributed by atoms with E-state index in [-0.39, 0.29) is 0 Å². The lowest BCUT2D eigenvalue weighted by Crippen LogP contribution is -2.00. The second-order valence-corrected chi connectivity index (χ2v) is 2.51. The highest BCUT2D eigenvalue weighted by molar-refractivity contribution is 5.14. The van der Waals surface area contributed by atoms with Crippen molar-refractivity contribution in [2.24, 2.45) is 0 Å². The summed E-state index contributed by atoms with van der Waals surface area (Å²) in [5.41, 5.74) is 1.21. The molecule has 3 nitrogen and oxygen atoms in total. The van der Waals surface area contributed by atoms with E-state index in [1.807, 2.05) is 18.2 Å². The first-order valence-corrected chi connectivity index (χ1v) is 3.75. The van der Waals surface area contributed by atoms with Gasteiger partial charge in [-0.15, -0.1) is 5.10 Å². The Kier molecular flexibility index (Phi) is 1.86. The summed E-state index contributed by atoms with van der Waals surface area (Å²) in [4.78, 5) is 0. The van der Waals surface area contributed by atoms with Gasteiger partial charge in [0.2, 0.25) is 0 Å². The van der Waals surface area contributed by atoms with Crippen molar-refractivity contribution in [2.45, 2.75) is 6.54 Å². The van der Waals surface area contributed by atoms with Gasteiger partial charge < -0.3 is 0 Å². The van der Waals surface area contributed by atoms with Crippen LogP contribution in [0.15, 0.2) is 36.5 Å². The van der Waals surface area contributed by atoms with Gasteiger partial charge in [0, 0.05) is 0 Å². The molecule has 0 atom stereocenters. The zero-order valence-electron chi connectivity index (χ0n) is 6.51. The lowest BCUT2D eigenvalue weighted by Gasteiger charge is -1.98. The molecule has 0 N–H and O–H groups in total. The van der Waals surface area contributed by atoms with Crippen LogP contribution in [0.3, 0.4) is 0 Å². The van der Waals surface area contributed by atoms with Crippen LogP contribution in [0.25, 0.3) is 0 Å². The summed E-state index contributed by atoms with van der Waals surface area (Å²) >= 11 is 0. The van der Waals surface area contributed by atoms with Crippen molar-refractivity contribution in [3.05, 3.63) is 48.3 Å². The summed E-state index contributed by atoms with van der Waals surface area (Å²) in [6.45, 7) is 0.737. The molecular weight excluding hydrogens is 150 g/mol. The summed E-state index contributed by atoms with van der Waals surface area (Å²) in [5.74, 6) is 0. The molecule has 59 valence electrons. The van der Waals surface area contributed by atoms with Crippen molar-refractivity contribution in [3.63, 3.8) is 0 Å². The van der Waals surface area contributed by atoms with E-state index in [0.29, 0.717) is 0 Å². The third kappa shape index (κ3) is 1.50. The van der Waals surface area contributed by atoms with E-state index in [1.54, 1.807) is 10.9 Å². The average molecular weight is 158 g/mol. The van der Waals surface area contributed by atoms with Crippen molar-refractivity contribution in [1.29, 1.82) is 0 Å². The van der Waals surface area contributed by atoms with Gasteiger partial charge in [0.15, 0.2) is 0 Å². The van der Waals surface area contributed by atoms with Crippen LogP contribution in [0.2, 0.25) is 0 Å². The molecule has 1 heterocycles. The highest BCUT2D eigenvalue weighted by Gasteiger charge is 1.93. The second kappa shape index (κ2) is 3.17. The van der Waals surface area contributed by atoms with Gasteiger partial charge in [0.25, 0.3) is 0 Å². The number of benzene rings is 1. The molecule has 0 amide bonds. The lowest BCUT2D eigenvalue weighted by atomic mass is 10.2. The molecular formula is C9H8N3. The topological polar surface area (TPSA) is 30.7 Å². The van der Waals surface area contributed by atoms with Gasteiger partial charge in [-0.1, -0.05) is 35.5 Å². The van der Waals surface area contributed by atoms with Crippen molar-refractivity contribution < 1.29 is 0 Å². The Hall–Kier alpha value is -1.64. The quantitative estimate of drug-likeness (QED) is 0.655. The highest BCUT2D eigenvalue weighted by Crippen LogP contribution is 1.99. The molecule has 1 radical (unpaired) electrons. The lowest BCUT2D eigenvalue weighted by molar-refractivity contribution is 0.646. The minimum atomic E-state index is 0.737. The van der Waals surface area contributed by atoms with Gasteiger partial charge in [-0.2, -0.15) is 0 Å². The Balaban J connectivity index is 2.15. The fraction of sp³-hybridized carbons (Fsp3) is 0.111. The molecule has 12 heavy (non-hydrogen) atoms. The maximum Gasteiger partial charge on any atom is 0.109 e. The predicted octanol–water partition coefficient (Wildman–Crippen LogP) is 1.13. The van der Waals surface area contributed by atoms with Crippen molar-refractivity contribution in [3.8, 4) is 0 Å². The van der Waals surface area contributed by atoms with Crippen LogP contribution >= 0.6 is 0 Å².